The smallest absolute Gasteiger partial charge is 0.311 e. The molecule has 0 amide bonds. The molecule has 1 N–H and O–H groups in total. The molecule has 1 aromatic rings. The zero-order chi connectivity index (χ0) is 10.8. The maximum atomic E-state index is 10.5. The summed E-state index contributed by atoms with van der Waals surface area (Å²) < 4.78 is 1.90. The molecule has 4 nitrogen and oxygen atoms in total. The monoisotopic (exact) mass is 196 g/mol. The molecule has 1 aromatic heterocycles. The van der Waals surface area contributed by atoms with Gasteiger partial charge in [0.25, 0.3) is 0 Å². The van der Waals surface area contributed by atoms with E-state index in [0.717, 1.165) is 6.54 Å². The van der Waals surface area contributed by atoms with Gasteiger partial charge in [-0.05, 0) is 5.41 Å². The number of rotatable bonds is 3. The number of nitrogens with zero attached hydrogens (tertiary/aromatic N) is 2. The Balaban J connectivity index is 2.77. The van der Waals surface area contributed by atoms with Crippen LogP contribution in [0, 0.1) is 5.41 Å². The van der Waals surface area contributed by atoms with Gasteiger partial charge in [-0.15, -0.1) is 0 Å². The van der Waals surface area contributed by atoms with Crippen LogP contribution < -0.4 is 0 Å². The van der Waals surface area contributed by atoms with Crippen molar-refractivity contribution in [3.8, 4) is 0 Å². The summed E-state index contributed by atoms with van der Waals surface area (Å²) in [5.41, 5.74) is 0.133. The largest absolute Gasteiger partial charge is 0.481 e. The summed E-state index contributed by atoms with van der Waals surface area (Å²) in [5, 5.41) is 8.65. The van der Waals surface area contributed by atoms with Crippen molar-refractivity contribution in [1.29, 1.82) is 0 Å². The molecule has 4 heteroatoms. The highest BCUT2D eigenvalue weighted by Gasteiger charge is 2.14. The first-order chi connectivity index (χ1) is 6.38. The predicted molar refractivity (Wildman–Crippen MR) is 53.0 cm³/mol. The van der Waals surface area contributed by atoms with Crippen LogP contribution in [0.3, 0.4) is 0 Å². The summed E-state index contributed by atoms with van der Waals surface area (Å²) in [6, 6.07) is 0. The minimum absolute atomic E-state index is 0.0108. The molecular formula is C10H16N2O2. The Hall–Kier alpha value is -1.32. The minimum atomic E-state index is -0.841. The van der Waals surface area contributed by atoms with Crippen molar-refractivity contribution >= 4 is 5.97 Å². The second-order valence-electron chi connectivity index (χ2n) is 4.60. The third-order valence-corrected chi connectivity index (χ3v) is 1.76. The topological polar surface area (TPSA) is 55.1 Å². The van der Waals surface area contributed by atoms with E-state index in [1.807, 2.05) is 10.8 Å². The first-order valence-electron chi connectivity index (χ1n) is 4.60. The van der Waals surface area contributed by atoms with Gasteiger partial charge in [-0.1, -0.05) is 20.8 Å². The number of aliphatic carboxylic acids is 1. The molecule has 1 rings (SSSR count). The van der Waals surface area contributed by atoms with Crippen molar-refractivity contribution in [2.75, 3.05) is 0 Å². The highest BCUT2D eigenvalue weighted by atomic mass is 16.4. The van der Waals surface area contributed by atoms with Crippen molar-refractivity contribution in [2.24, 2.45) is 5.41 Å². The zero-order valence-corrected chi connectivity index (χ0v) is 8.82. The standard InChI is InChI=1S/C10H16N2O2/c1-10(2,3)7-12-5-4-11-8(12)6-9(13)14/h4-5H,6-7H2,1-3H3,(H,13,14). The average molecular weight is 196 g/mol. The van der Waals surface area contributed by atoms with Gasteiger partial charge in [0.1, 0.15) is 12.2 Å². The molecule has 0 radical (unpaired) electrons. The SMILES string of the molecule is CC(C)(C)Cn1ccnc1CC(=O)O. The molecule has 14 heavy (non-hydrogen) atoms. The fourth-order valence-corrected chi connectivity index (χ4v) is 1.30. The van der Waals surface area contributed by atoms with Crippen LogP contribution in [0.5, 0.6) is 0 Å². The molecule has 0 aliphatic carbocycles. The number of carboxylic acids is 1. The highest BCUT2D eigenvalue weighted by Crippen LogP contribution is 2.17. The Morgan fingerprint density at radius 2 is 2.21 bits per heavy atom. The van der Waals surface area contributed by atoms with Gasteiger partial charge in [0.05, 0.1) is 0 Å². The maximum absolute atomic E-state index is 10.5. The lowest BCUT2D eigenvalue weighted by Gasteiger charge is -2.19. The minimum Gasteiger partial charge on any atom is -0.481 e. The van der Waals surface area contributed by atoms with E-state index >= 15 is 0 Å². The summed E-state index contributed by atoms with van der Waals surface area (Å²) in [4.78, 5) is 14.6. The number of hydrogen-bond donors (Lipinski definition) is 1. The molecule has 0 aliphatic heterocycles. The molecule has 0 unspecified atom stereocenters. The van der Waals surface area contributed by atoms with Crippen LogP contribution in [0.15, 0.2) is 12.4 Å². The Morgan fingerprint density at radius 1 is 1.57 bits per heavy atom. The number of imidazole rings is 1. The summed E-state index contributed by atoms with van der Waals surface area (Å²) in [6.45, 7) is 7.11. The molecule has 0 saturated heterocycles. The third-order valence-electron chi connectivity index (χ3n) is 1.76. The zero-order valence-electron chi connectivity index (χ0n) is 8.82. The van der Waals surface area contributed by atoms with Crippen molar-refractivity contribution in [3.05, 3.63) is 18.2 Å². The first kappa shape index (κ1) is 10.8. The molecule has 0 saturated carbocycles. The fourth-order valence-electron chi connectivity index (χ4n) is 1.30. The number of aromatic nitrogens is 2. The normalized spacial score (nSPS) is 11.6. The van der Waals surface area contributed by atoms with Gasteiger partial charge in [0, 0.05) is 18.9 Å². The lowest BCUT2D eigenvalue weighted by molar-refractivity contribution is -0.136. The fraction of sp³-hybridized carbons (Fsp3) is 0.600. The molecule has 0 aliphatic rings. The van der Waals surface area contributed by atoms with E-state index < -0.39 is 5.97 Å². The molecule has 0 bridgehead atoms. The van der Waals surface area contributed by atoms with Crippen LogP contribution in [-0.4, -0.2) is 20.6 Å². The molecule has 0 fully saturated rings. The second-order valence-corrected chi connectivity index (χ2v) is 4.60. The van der Waals surface area contributed by atoms with Crippen molar-refractivity contribution in [1.82, 2.24) is 9.55 Å². The predicted octanol–water partition coefficient (Wildman–Crippen LogP) is 1.56. The van der Waals surface area contributed by atoms with Gasteiger partial charge in [0.15, 0.2) is 0 Å². The van der Waals surface area contributed by atoms with Gasteiger partial charge < -0.3 is 9.67 Å². The first-order valence-corrected chi connectivity index (χ1v) is 4.60. The Kier molecular flexibility index (Phi) is 2.93. The average Bonchev–Trinajstić information content (AvgIpc) is 2.32. The molecular weight excluding hydrogens is 180 g/mol. The van der Waals surface area contributed by atoms with E-state index in [4.69, 9.17) is 5.11 Å². The summed E-state index contributed by atoms with van der Waals surface area (Å²) in [6.07, 6.45) is 3.45. The Morgan fingerprint density at radius 3 is 2.71 bits per heavy atom. The van der Waals surface area contributed by atoms with Crippen LogP contribution >= 0.6 is 0 Å². The third kappa shape index (κ3) is 3.20. The quantitative estimate of drug-likeness (QED) is 0.798. The summed E-state index contributed by atoms with van der Waals surface area (Å²) in [7, 11) is 0. The lowest BCUT2D eigenvalue weighted by Crippen LogP contribution is -2.18. The molecule has 1 heterocycles. The van der Waals surface area contributed by atoms with E-state index in [1.165, 1.54) is 0 Å². The molecule has 0 spiro atoms. The van der Waals surface area contributed by atoms with Crippen molar-refractivity contribution < 1.29 is 9.90 Å². The van der Waals surface area contributed by atoms with Gasteiger partial charge in [-0.25, -0.2) is 4.98 Å². The van der Waals surface area contributed by atoms with E-state index in [2.05, 4.69) is 25.8 Å². The summed E-state index contributed by atoms with van der Waals surface area (Å²) >= 11 is 0. The van der Waals surface area contributed by atoms with E-state index in [1.54, 1.807) is 6.20 Å². The Bertz CT molecular complexity index is 323. The van der Waals surface area contributed by atoms with Crippen LogP contribution in [0.25, 0.3) is 0 Å². The number of carboxylic acid groups (broad SMARTS) is 1. The molecule has 78 valence electrons. The van der Waals surface area contributed by atoms with Crippen molar-refractivity contribution in [3.63, 3.8) is 0 Å². The lowest BCUT2D eigenvalue weighted by atomic mass is 9.97. The number of carbonyl (C=O) groups is 1. The van der Waals surface area contributed by atoms with Crippen molar-refractivity contribution in [2.45, 2.75) is 33.7 Å². The van der Waals surface area contributed by atoms with Crippen LogP contribution in [0.4, 0.5) is 0 Å². The van der Waals surface area contributed by atoms with Gasteiger partial charge >= 0.3 is 5.97 Å². The van der Waals surface area contributed by atoms with Gasteiger partial charge in [0.2, 0.25) is 0 Å². The second kappa shape index (κ2) is 3.82. The van der Waals surface area contributed by atoms with E-state index in [9.17, 15) is 4.79 Å². The van der Waals surface area contributed by atoms with E-state index in [0.29, 0.717) is 5.82 Å². The number of hydrogen-bond acceptors (Lipinski definition) is 2. The Labute approximate surface area is 83.6 Å². The molecule has 0 aromatic carbocycles. The van der Waals surface area contributed by atoms with E-state index in [-0.39, 0.29) is 11.8 Å². The van der Waals surface area contributed by atoms with Crippen LogP contribution in [-0.2, 0) is 17.8 Å². The van der Waals surface area contributed by atoms with Gasteiger partial charge in [-0.3, -0.25) is 4.79 Å². The van der Waals surface area contributed by atoms with Crippen LogP contribution in [0.2, 0.25) is 0 Å². The van der Waals surface area contributed by atoms with Gasteiger partial charge in [-0.2, -0.15) is 0 Å². The summed E-state index contributed by atoms with van der Waals surface area (Å²) in [5.74, 6) is -0.223. The van der Waals surface area contributed by atoms with Crippen LogP contribution in [0.1, 0.15) is 26.6 Å². The maximum Gasteiger partial charge on any atom is 0.311 e. The molecule has 0 atom stereocenters. The highest BCUT2D eigenvalue weighted by molar-refractivity contribution is 5.69.